The molecule has 2 aromatic heterocycles. The van der Waals surface area contributed by atoms with Crippen LogP contribution in [-0.4, -0.2) is 29.2 Å². The van der Waals surface area contributed by atoms with E-state index in [0.29, 0.717) is 5.39 Å². The molecule has 0 aliphatic carbocycles. The Hall–Kier alpha value is -3.20. The number of benzene rings is 1. The fourth-order valence-electron chi connectivity index (χ4n) is 3.22. The van der Waals surface area contributed by atoms with E-state index in [1.807, 2.05) is 0 Å². The summed E-state index contributed by atoms with van der Waals surface area (Å²) in [5, 5.41) is 3.42. The van der Waals surface area contributed by atoms with Gasteiger partial charge in [-0.3, -0.25) is 9.69 Å². The summed E-state index contributed by atoms with van der Waals surface area (Å²) in [7, 11) is 0. The van der Waals surface area contributed by atoms with E-state index in [1.54, 1.807) is 6.92 Å². The highest BCUT2D eigenvalue weighted by Crippen LogP contribution is 2.29. The molecule has 150 valence electrons. The third kappa shape index (κ3) is 3.49. The fraction of sp³-hybridized carbons (Fsp3) is 0.211. The quantitative estimate of drug-likeness (QED) is 0.666. The maximum atomic E-state index is 14.9. The number of carbonyl (C=O) groups excluding carboxylic acids is 1. The Labute approximate surface area is 168 Å². The van der Waals surface area contributed by atoms with Crippen molar-refractivity contribution in [1.29, 1.82) is 0 Å². The molecule has 1 aliphatic heterocycles. The van der Waals surface area contributed by atoms with Crippen molar-refractivity contribution in [2.45, 2.75) is 13.0 Å². The molecule has 0 radical (unpaired) electrons. The van der Waals surface area contributed by atoms with E-state index in [0.717, 1.165) is 6.07 Å². The molecule has 4 rings (SSSR count). The number of rotatable bonds is 4. The number of fused-ring (bicyclic) bond motifs is 1. The van der Waals surface area contributed by atoms with Gasteiger partial charge in [0.15, 0.2) is 11.6 Å². The van der Waals surface area contributed by atoms with Gasteiger partial charge in [-0.15, -0.1) is 0 Å². The minimum Gasteiger partial charge on any atom is -0.447 e. The number of ether oxygens (including phenoxy) is 1. The lowest BCUT2D eigenvalue weighted by Gasteiger charge is -2.18. The van der Waals surface area contributed by atoms with Crippen LogP contribution in [-0.2, 0) is 4.74 Å². The van der Waals surface area contributed by atoms with Crippen molar-refractivity contribution in [1.82, 2.24) is 9.97 Å². The maximum Gasteiger partial charge on any atom is 0.414 e. The number of hydrogen-bond donors (Lipinski definition) is 2. The van der Waals surface area contributed by atoms with Crippen LogP contribution in [0.25, 0.3) is 10.9 Å². The number of nitrogens with zero attached hydrogens (tertiary/aromatic N) is 2. The number of pyridine rings is 2. The molecule has 1 unspecified atom stereocenters. The normalized spacial score (nSPS) is 14.9. The zero-order valence-corrected chi connectivity index (χ0v) is 15.9. The van der Waals surface area contributed by atoms with Gasteiger partial charge in [-0.2, -0.15) is 0 Å². The average molecular weight is 421 g/mol. The molecule has 2 N–H and O–H groups in total. The minimum atomic E-state index is -0.746. The topological polar surface area (TPSA) is 87.3 Å². The molecule has 1 amide bonds. The van der Waals surface area contributed by atoms with Gasteiger partial charge in [0.2, 0.25) is 0 Å². The Morgan fingerprint density at radius 1 is 1.31 bits per heavy atom. The van der Waals surface area contributed by atoms with E-state index in [-0.39, 0.29) is 40.8 Å². The fourth-order valence-corrected chi connectivity index (χ4v) is 3.43. The van der Waals surface area contributed by atoms with Crippen LogP contribution < -0.4 is 15.8 Å². The summed E-state index contributed by atoms with van der Waals surface area (Å²) in [6, 6.07) is 4.80. The Morgan fingerprint density at radius 2 is 2.10 bits per heavy atom. The zero-order valence-electron chi connectivity index (χ0n) is 15.1. The van der Waals surface area contributed by atoms with Crippen LogP contribution in [0.1, 0.15) is 18.5 Å². The van der Waals surface area contributed by atoms with Crippen LogP contribution in [0.15, 0.2) is 35.3 Å². The first-order valence-corrected chi connectivity index (χ1v) is 9.10. The summed E-state index contributed by atoms with van der Waals surface area (Å²) in [4.78, 5) is 31.8. The van der Waals surface area contributed by atoms with Gasteiger partial charge in [-0.25, -0.2) is 18.6 Å². The number of hydrogen-bond acceptors (Lipinski definition) is 5. The molecule has 1 atom stereocenters. The summed E-state index contributed by atoms with van der Waals surface area (Å²) >= 11 is 5.89. The van der Waals surface area contributed by atoms with Crippen LogP contribution in [0.5, 0.6) is 0 Å². The SMILES string of the molecule is CC(Nc1nccc(N2CCOC2=O)c1F)c1cc2cc(Cl)cc(F)c2[nH]c1=O. The first kappa shape index (κ1) is 19.1. The molecule has 1 saturated heterocycles. The standard InChI is InChI=1S/C19H15ClF2N4O3/c1-9(12-7-10-6-11(20)8-13(21)16(10)25-18(12)27)24-17-15(22)14(2-3-23-17)26-4-5-29-19(26)28/h2-3,6-9H,4-5H2,1H3,(H,23,24)(H,25,27). The monoisotopic (exact) mass is 420 g/mol. The summed E-state index contributed by atoms with van der Waals surface area (Å²) < 4.78 is 33.8. The number of aromatic nitrogens is 2. The van der Waals surface area contributed by atoms with Crippen molar-refractivity contribution in [3.63, 3.8) is 0 Å². The van der Waals surface area contributed by atoms with E-state index >= 15 is 0 Å². The lowest BCUT2D eigenvalue weighted by molar-refractivity contribution is 0.181. The summed E-state index contributed by atoms with van der Waals surface area (Å²) in [6.45, 7) is 2.03. The summed E-state index contributed by atoms with van der Waals surface area (Å²) in [6.07, 6.45) is 0.706. The Kier molecular flexibility index (Phi) is 4.83. The van der Waals surface area contributed by atoms with Crippen molar-refractivity contribution in [3.8, 4) is 0 Å². The highest BCUT2D eigenvalue weighted by molar-refractivity contribution is 6.31. The highest BCUT2D eigenvalue weighted by Gasteiger charge is 2.28. The molecular weight excluding hydrogens is 406 g/mol. The van der Waals surface area contributed by atoms with Gasteiger partial charge in [-0.05, 0) is 31.2 Å². The molecular formula is C19H15ClF2N4O3. The predicted molar refractivity (Wildman–Crippen MR) is 104 cm³/mol. The maximum absolute atomic E-state index is 14.9. The van der Waals surface area contributed by atoms with Crippen LogP contribution in [0, 0.1) is 11.6 Å². The van der Waals surface area contributed by atoms with E-state index < -0.39 is 29.3 Å². The second-order valence-electron chi connectivity index (χ2n) is 6.53. The molecule has 0 saturated carbocycles. The first-order valence-electron chi connectivity index (χ1n) is 8.72. The Balaban J connectivity index is 1.68. The van der Waals surface area contributed by atoms with E-state index in [2.05, 4.69) is 15.3 Å². The minimum absolute atomic E-state index is 0.0264. The number of carbonyl (C=O) groups is 1. The third-order valence-electron chi connectivity index (χ3n) is 4.64. The molecule has 0 bridgehead atoms. The van der Waals surface area contributed by atoms with Crippen LogP contribution in [0.4, 0.5) is 25.1 Å². The molecule has 1 aromatic carbocycles. The third-order valence-corrected chi connectivity index (χ3v) is 4.86. The number of amides is 1. The number of halogens is 3. The van der Waals surface area contributed by atoms with Gasteiger partial charge < -0.3 is 15.0 Å². The zero-order chi connectivity index (χ0) is 20.7. The number of aromatic amines is 1. The largest absolute Gasteiger partial charge is 0.447 e. The number of H-pyrrole nitrogens is 1. The first-order chi connectivity index (χ1) is 13.8. The van der Waals surface area contributed by atoms with Gasteiger partial charge in [-0.1, -0.05) is 11.6 Å². The van der Waals surface area contributed by atoms with Gasteiger partial charge >= 0.3 is 6.09 Å². The Morgan fingerprint density at radius 3 is 2.83 bits per heavy atom. The van der Waals surface area contributed by atoms with Gasteiger partial charge in [0.05, 0.1) is 23.8 Å². The Bertz CT molecular complexity index is 1180. The van der Waals surface area contributed by atoms with Crippen LogP contribution >= 0.6 is 11.6 Å². The van der Waals surface area contributed by atoms with Crippen LogP contribution in [0.3, 0.4) is 0 Å². The van der Waals surface area contributed by atoms with E-state index in [9.17, 15) is 18.4 Å². The smallest absolute Gasteiger partial charge is 0.414 e. The summed E-state index contributed by atoms with van der Waals surface area (Å²) in [5.74, 6) is -1.52. The van der Waals surface area contributed by atoms with Crippen molar-refractivity contribution in [2.24, 2.45) is 0 Å². The van der Waals surface area contributed by atoms with Crippen molar-refractivity contribution in [3.05, 3.63) is 63.0 Å². The molecule has 3 heterocycles. The van der Waals surface area contributed by atoms with Crippen molar-refractivity contribution in [2.75, 3.05) is 23.4 Å². The van der Waals surface area contributed by atoms with Crippen molar-refractivity contribution >= 4 is 40.1 Å². The average Bonchev–Trinajstić information content (AvgIpc) is 3.09. The van der Waals surface area contributed by atoms with E-state index in [4.69, 9.17) is 16.3 Å². The lowest BCUT2D eigenvalue weighted by atomic mass is 10.1. The van der Waals surface area contributed by atoms with Gasteiger partial charge in [0.25, 0.3) is 5.56 Å². The van der Waals surface area contributed by atoms with Crippen LogP contribution in [0.2, 0.25) is 5.02 Å². The number of nitrogens with one attached hydrogen (secondary N) is 2. The second kappa shape index (κ2) is 7.32. The highest BCUT2D eigenvalue weighted by atomic mass is 35.5. The molecule has 1 aliphatic rings. The molecule has 0 spiro atoms. The number of cyclic esters (lactones) is 1. The summed E-state index contributed by atoms with van der Waals surface area (Å²) in [5.41, 5.74) is -0.225. The van der Waals surface area contributed by atoms with Crippen molar-refractivity contribution < 1.29 is 18.3 Å². The molecule has 29 heavy (non-hydrogen) atoms. The van der Waals surface area contributed by atoms with Gasteiger partial charge in [0, 0.05) is 22.2 Å². The molecule has 7 nitrogen and oxygen atoms in total. The predicted octanol–water partition coefficient (Wildman–Crippen LogP) is 3.98. The second-order valence-corrected chi connectivity index (χ2v) is 6.97. The van der Waals surface area contributed by atoms with Gasteiger partial charge in [0.1, 0.15) is 12.4 Å². The number of anilines is 2. The van der Waals surface area contributed by atoms with E-state index in [1.165, 1.54) is 29.3 Å². The molecule has 3 aromatic rings. The lowest BCUT2D eigenvalue weighted by Crippen LogP contribution is -2.25. The molecule has 1 fully saturated rings. The molecule has 10 heteroatoms.